The summed E-state index contributed by atoms with van der Waals surface area (Å²) in [6, 6.07) is 11.1. The van der Waals surface area contributed by atoms with Crippen molar-refractivity contribution in [2.45, 2.75) is 12.4 Å². The number of carbonyl (C=O) groups excluding carboxylic acids is 1. The quantitative estimate of drug-likeness (QED) is 0.483. The summed E-state index contributed by atoms with van der Waals surface area (Å²) in [6.07, 6.45) is 7.07. The first-order valence-corrected chi connectivity index (χ1v) is 10.1. The zero-order chi connectivity index (χ0) is 19.4. The fourth-order valence-corrected chi connectivity index (χ4v) is 4.09. The molecule has 3 rings (SSSR count). The van der Waals surface area contributed by atoms with Crippen LogP contribution in [0.5, 0.6) is 5.75 Å². The molecule has 1 saturated heterocycles. The number of hydrogen-bond donors (Lipinski definition) is 2. The Hall–Kier alpha value is -2.07. The molecule has 0 saturated carbocycles. The van der Waals surface area contributed by atoms with Crippen LogP contribution in [0.25, 0.3) is 6.08 Å². The van der Waals surface area contributed by atoms with Crippen molar-refractivity contribution in [3.63, 3.8) is 0 Å². The Morgan fingerprint density at radius 3 is 2.96 bits per heavy atom. The van der Waals surface area contributed by atoms with E-state index < -0.39 is 0 Å². The summed E-state index contributed by atoms with van der Waals surface area (Å²) in [5.41, 5.74) is 2.43. The zero-order valence-corrected chi connectivity index (χ0v) is 17.5. The molecule has 1 aliphatic rings. The Balaban J connectivity index is 1.79. The molecule has 1 fully saturated rings. The SMILES string of the molecule is C#CCOc1ccc(Br)cc1/C=C1\SC(Nc2ccc(Cl)cc2C)NC1=O. The summed E-state index contributed by atoms with van der Waals surface area (Å²) in [4.78, 5) is 13.0. The van der Waals surface area contributed by atoms with Gasteiger partial charge in [0.05, 0.1) is 4.91 Å². The fraction of sp³-hybridized carbons (Fsp3) is 0.150. The van der Waals surface area contributed by atoms with E-state index in [-0.39, 0.29) is 18.0 Å². The molecule has 4 nitrogen and oxygen atoms in total. The Morgan fingerprint density at radius 1 is 1.41 bits per heavy atom. The highest BCUT2D eigenvalue weighted by molar-refractivity contribution is 9.10. The Labute approximate surface area is 175 Å². The van der Waals surface area contributed by atoms with Crippen molar-refractivity contribution in [3.05, 3.63) is 61.9 Å². The predicted molar refractivity (Wildman–Crippen MR) is 116 cm³/mol. The highest BCUT2D eigenvalue weighted by Crippen LogP contribution is 2.34. The van der Waals surface area contributed by atoms with Gasteiger partial charge in [0.1, 0.15) is 12.4 Å². The van der Waals surface area contributed by atoms with Crippen LogP contribution in [0.3, 0.4) is 0 Å². The summed E-state index contributed by atoms with van der Waals surface area (Å²) < 4.78 is 6.45. The van der Waals surface area contributed by atoms with Gasteiger partial charge in [0.15, 0.2) is 5.50 Å². The van der Waals surface area contributed by atoms with Gasteiger partial charge in [-0.25, -0.2) is 0 Å². The molecular formula is C20H16BrClN2O2S. The van der Waals surface area contributed by atoms with Crippen molar-refractivity contribution in [1.82, 2.24) is 5.32 Å². The molecule has 2 aromatic carbocycles. The smallest absolute Gasteiger partial charge is 0.260 e. The number of thioether (sulfide) groups is 1. The summed E-state index contributed by atoms with van der Waals surface area (Å²) in [6.45, 7) is 2.13. The van der Waals surface area contributed by atoms with Crippen molar-refractivity contribution >= 4 is 57.0 Å². The molecule has 0 radical (unpaired) electrons. The van der Waals surface area contributed by atoms with E-state index in [1.807, 2.05) is 43.3 Å². The average Bonchev–Trinajstić information content (AvgIpc) is 2.96. The molecule has 0 spiro atoms. The van der Waals surface area contributed by atoms with Gasteiger partial charge in [-0.05, 0) is 55.0 Å². The van der Waals surface area contributed by atoms with Gasteiger partial charge >= 0.3 is 0 Å². The lowest BCUT2D eigenvalue weighted by atomic mass is 10.2. The van der Waals surface area contributed by atoms with Crippen LogP contribution in [0, 0.1) is 19.3 Å². The molecule has 1 unspecified atom stereocenters. The molecule has 27 heavy (non-hydrogen) atoms. The maximum Gasteiger partial charge on any atom is 0.260 e. The molecule has 1 aliphatic heterocycles. The molecule has 1 amide bonds. The molecular weight excluding hydrogens is 448 g/mol. The number of rotatable bonds is 5. The van der Waals surface area contributed by atoms with Gasteiger partial charge in [-0.3, -0.25) is 4.79 Å². The number of halogens is 2. The van der Waals surface area contributed by atoms with Gasteiger partial charge in [0.25, 0.3) is 5.91 Å². The molecule has 1 atom stereocenters. The number of aryl methyl sites for hydroxylation is 1. The highest BCUT2D eigenvalue weighted by atomic mass is 79.9. The van der Waals surface area contributed by atoms with E-state index in [0.717, 1.165) is 21.3 Å². The van der Waals surface area contributed by atoms with E-state index in [2.05, 4.69) is 32.5 Å². The fourth-order valence-electron chi connectivity index (χ4n) is 2.52. The van der Waals surface area contributed by atoms with Gasteiger partial charge in [-0.15, -0.1) is 6.42 Å². The minimum absolute atomic E-state index is 0.146. The largest absolute Gasteiger partial charge is 0.480 e. The third kappa shape index (κ3) is 5.01. The van der Waals surface area contributed by atoms with Crippen LogP contribution >= 0.6 is 39.3 Å². The van der Waals surface area contributed by atoms with Gasteiger partial charge in [0, 0.05) is 20.7 Å². The van der Waals surface area contributed by atoms with Crippen LogP contribution in [-0.2, 0) is 4.79 Å². The van der Waals surface area contributed by atoms with Crippen molar-refractivity contribution in [3.8, 4) is 18.1 Å². The average molecular weight is 464 g/mol. The number of nitrogens with one attached hydrogen (secondary N) is 2. The lowest BCUT2D eigenvalue weighted by molar-refractivity contribution is -0.116. The Bertz CT molecular complexity index is 955. The normalized spacial score (nSPS) is 17.5. The number of benzene rings is 2. The summed E-state index contributed by atoms with van der Waals surface area (Å²) in [5, 5.41) is 6.90. The maximum atomic E-state index is 12.4. The number of hydrogen-bond acceptors (Lipinski definition) is 4. The van der Waals surface area contributed by atoms with Gasteiger partial charge < -0.3 is 15.4 Å². The monoisotopic (exact) mass is 462 g/mol. The minimum atomic E-state index is -0.272. The highest BCUT2D eigenvalue weighted by Gasteiger charge is 2.27. The summed E-state index contributed by atoms with van der Waals surface area (Å²) >= 11 is 10.8. The molecule has 0 aliphatic carbocycles. The van der Waals surface area contributed by atoms with E-state index in [4.69, 9.17) is 22.8 Å². The topological polar surface area (TPSA) is 50.4 Å². The van der Waals surface area contributed by atoms with E-state index in [9.17, 15) is 4.79 Å². The van der Waals surface area contributed by atoms with Crippen LogP contribution in [-0.4, -0.2) is 18.0 Å². The van der Waals surface area contributed by atoms with Crippen LogP contribution in [0.2, 0.25) is 5.02 Å². The van der Waals surface area contributed by atoms with Crippen LogP contribution in [0.15, 0.2) is 45.8 Å². The van der Waals surface area contributed by atoms with E-state index in [1.165, 1.54) is 11.8 Å². The number of anilines is 1. The third-order valence-electron chi connectivity index (χ3n) is 3.78. The molecule has 0 aromatic heterocycles. The third-order valence-corrected chi connectivity index (χ3v) is 5.53. The van der Waals surface area contributed by atoms with Crippen molar-refractivity contribution in [2.75, 3.05) is 11.9 Å². The predicted octanol–water partition coefficient (Wildman–Crippen LogP) is 5.02. The van der Waals surface area contributed by atoms with Crippen molar-refractivity contribution in [1.29, 1.82) is 0 Å². The van der Waals surface area contributed by atoms with Crippen LogP contribution in [0.4, 0.5) is 5.69 Å². The molecule has 0 bridgehead atoms. The van der Waals surface area contributed by atoms with E-state index in [0.29, 0.717) is 15.7 Å². The van der Waals surface area contributed by atoms with Crippen LogP contribution < -0.4 is 15.4 Å². The Kier molecular flexibility index (Phi) is 6.38. The minimum Gasteiger partial charge on any atom is -0.480 e. The number of amides is 1. The van der Waals surface area contributed by atoms with E-state index >= 15 is 0 Å². The first-order chi connectivity index (χ1) is 13.0. The second kappa shape index (κ2) is 8.75. The van der Waals surface area contributed by atoms with Crippen molar-refractivity contribution < 1.29 is 9.53 Å². The lowest BCUT2D eigenvalue weighted by Gasteiger charge is -2.15. The van der Waals surface area contributed by atoms with Crippen molar-refractivity contribution in [2.24, 2.45) is 0 Å². The molecule has 7 heteroatoms. The first-order valence-electron chi connectivity index (χ1n) is 8.04. The summed E-state index contributed by atoms with van der Waals surface area (Å²) in [5.74, 6) is 2.93. The second-order valence-electron chi connectivity index (χ2n) is 5.76. The van der Waals surface area contributed by atoms with Gasteiger partial charge in [-0.1, -0.05) is 45.2 Å². The molecule has 1 heterocycles. The zero-order valence-electron chi connectivity index (χ0n) is 14.4. The first kappa shape index (κ1) is 19.7. The number of carbonyl (C=O) groups is 1. The lowest BCUT2D eigenvalue weighted by Crippen LogP contribution is -2.31. The van der Waals surface area contributed by atoms with Gasteiger partial charge in [-0.2, -0.15) is 0 Å². The van der Waals surface area contributed by atoms with E-state index in [1.54, 1.807) is 6.08 Å². The summed E-state index contributed by atoms with van der Waals surface area (Å²) in [7, 11) is 0. The second-order valence-corrected chi connectivity index (χ2v) is 8.26. The molecule has 138 valence electrons. The Morgan fingerprint density at radius 2 is 2.22 bits per heavy atom. The number of ether oxygens (including phenoxy) is 1. The van der Waals surface area contributed by atoms with Crippen LogP contribution in [0.1, 0.15) is 11.1 Å². The standard InChI is InChI=1S/C20H16BrClN2O2S/c1-3-8-26-17-7-4-14(21)10-13(17)11-18-19(25)24-20(27-18)23-16-6-5-15(22)9-12(16)2/h1,4-7,9-11,20,23H,8H2,2H3,(H,24,25)/b18-11-. The molecule has 2 N–H and O–H groups in total. The molecule has 2 aromatic rings. The number of terminal acetylenes is 1. The van der Waals surface area contributed by atoms with Gasteiger partial charge in [0.2, 0.25) is 0 Å². The maximum absolute atomic E-state index is 12.4.